The van der Waals surface area contributed by atoms with E-state index in [9.17, 15) is 24.0 Å². The molecule has 1 aliphatic heterocycles. The van der Waals surface area contributed by atoms with E-state index in [2.05, 4.69) is 16.0 Å². The number of rotatable bonds is 16. The monoisotopic (exact) mass is 583 g/mol. The van der Waals surface area contributed by atoms with E-state index in [4.69, 9.17) is 19.9 Å². The molecule has 226 valence electrons. The van der Waals surface area contributed by atoms with Gasteiger partial charge >= 0.3 is 0 Å². The van der Waals surface area contributed by atoms with E-state index in [-0.39, 0.29) is 69.4 Å². The predicted octanol–water partition coefficient (Wildman–Crippen LogP) is 1.12. The topological polar surface area (TPSA) is 178 Å². The summed E-state index contributed by atoms with van der Waals surface area (Å²) in [7, 11) is 3.21. The van der Waals surface area contributed by atoms with Gasteiger partial charge in [0.25, 0.3) is 5.91 Å². The summed E-state index contributed by atoms with van der Waals surface area (Å²) in [5.41, 5.74) is 8.06. The first kappa shape index (κ1) is 32.2. The average Bonchev–Trinajstić information content (AvgIpc) is 2.97. The highest BCUT2D eigenvalue weighted by atomic mass is 16.5. The van der Waals surface area contributed by atoms with E-state index in [0.29, 0.717) is 53.1 Å². The quantitative estimate of drug-likeness (QED) is 0.0969. The Morgan fingerprint density at radius 2 is 1.88 bits per heavy atom. The number of hydrogen-bond acceptors (Lipinski definition) is 10. The van der Waals surface area contributed by atoms with Crippen molar-refractivity contribution in [3.8, 4) is 5.75 Å². The van der Waals surface area contributed by atoms with Crippen molar-refractivity contribution in [2.24, 2.45) is 0 Å². The lowest BCUT2D eigenvalue weighted by Gasteiger charge is -2.30. The molecule has 0 aliphatic carbocycles. The summed E-state index contributed by atoms with van der Waals surface area (Å²) in [6.45, 7) is 1.51. The number of methoxy groups -OCH3 is 1. The lowest BCUT2D eigenvalue weighted by Crippen LogP contribution is -2.51. The number of benzene rings is 2. The van der Waals surface area contributed by atoms with E-state index in [1.165, 1.54) is 7.11 Å². The fourth-order valence-electron chi connectivity index (χ4n) is 4.36. The summed E-state index contributed by atoms with van der Waals surface area (Å²) >= 11 is 0. The van der Waals surface area contributed by atoms with E-state index in [1.54, 1.807) is 48.3 Å². The molecular formula is C29H37N5O8. The first-order chi connectivity index (χ1) is 20.2. The number of amides is 4. The number of nitrogen functional groups attached to an aromatic ring is 1. The van der Waals surface area contributed by atoms with Crippen LogP contribution in [0.25, 0.3) is 0 Å². The zero-order valence-electron chi connectivity index (χ0n) is 23.8. The van der Waals surface area contributed by atoms with Crippen LogP contribution in [0.4, 0.5) is 11.4 Å². The summed E-state index contributed by atoms with van der Waals surface area (Å²) in [5.74, 6) is -0.834. The maximum atomic E-state index is 12.6. The fraction of sp³-hybridized carbons (Fsp3) is 0.414. The summed E-state index contributed by atoms with van der Waals surface area (Å²) in [6, 6.07) is 9.25. The number of likely N-dealkylation sites (N-methyl/N-ethyl adjacent to an activating group) is 1. The molecule has 2 aromatic carbocycles. The van der Waals surface area contributed by atoms with Gasteiger partial charge in [0.05, 0.1) is 51.7 Å². The van der Waals surface area contributed by atoms with Crippen LogP contribution in [0.3, 0.4) is 0 Å². The van der Waals surface area contributed by atoms with Crippen molar-refractivity contribution in [2.75, 3.05) is 58.2 Å². The Hall–Kier alpha value is -4.33. The molecule has 1 atom stereocenters. The van der Waals surface area contributed by atoms with Crippen LogP contribution in [0.15, 0.2) is 36.4 Å². The molecule has 1 unspecified atom stereocenters. The molecule has 1 aliphatic rings. The van der Waals surface area contributed by atoms with Gasteiger partial charge in [-0.25, -0.2) is 0 Å². The molecule has 3 rings (SSSR count). The molecule has 1 saturated heterocycles. The van der Waals surface area contributed by atoms with Crippen LogP contribution in [0.5, 0.6) is 5.75 Å². The van der Waals surface area contributed by atoms with Gasteiger partial charge in [0, 0.05) is 41.9 Å². The molecule has 13 heteroatoms. The van der Waals surface area contributed by atoms with Gasteiger partial charge in [-0.2, -0.15) is 0 Å². The molecular weight excluding hydrogens is 546 g/mol. The Morgan fingerprint density at radius 3 is 2.60 bits per heavy atom. The number of carbonyl (C=O) groups is 5. The summed E-state index contributed by atoms with van der Waals surface area (Å²) in [4.78, 5) is 62.0. The van der Waals surface area contributed by atoms with Gasteiger partial charge in [0.1, 0.15) is 12.0 Å². The molecule has 0 radical (unpaired) electrons. The third-order valence-corrected chi connectivity index (χ3v) is 6.64. The third kappa shape index (κ3) is 9.36. The molecule has 1 heterocycles. The average molecular weight is 584 g/mol. The largest absolute Gasteiger partial charge is 0.495 e. The van der Waals surface area contributed by atoms with Crippen molar-refractivity contribution >= 4 is 41.3 Å². The van der Waals surface area contributed by atoms with Gasteiger partial charge in [-0.3, -0.25) is 34.2 Å². The number of carbonyl (C=O) groups excluding carboxylic acids is 5. The van der Waals surface area contributed by atoms with Gasteiger partial charge in [-0.05, 0) is 37.7 Å². The van der Waals surface area contributed by atoms with Crippen molar-refractivity contribution in [3.63, 3.8) is 0 Å². The van der Waals surface area contributed by atoms with Gasteiger partial charge in [-0.1, -0.05) is 12.1 Å². The van der Waals surface area contributed by atoms with E-state index < -0.39 is 6.04 Å². The number of nitrogens with one attached hydrogen (secondary N) is 3. The van der Waals surface area contributed by atoms with Crippen LogP contribution in [0.1, 0.15) is 45.5 Å². The highest BCUT2D eigenvalue weighted by molar-refractivity contribution is 6.00. The fourth-order valence-corrected chi connectivity index (χ4v) is 4.36. The third-order valence-electron chi connectivity index (χ3n) is 6.64. The van der Waals surface area contributed by atoms with E-state index in [0.717, 1.165) is 0 Å². The minimum Gasteiger partial charge on any atom is -0.495 e. The number of nitrogens with two attached hydrogens (primary N) is 1. The molecule has 0 aromatic heterocycles. The zero-order valence-corrected chi connectivity index (χ0v) is 23.8. The normalized spacial score (nSPS) is 14.8. The van der Waals surface area contributed by atoms with Crippen molar-refractivity contribution < 1.29 is 38.2 Å². The Balaban J connectivity index is 1.35. The maximum Gasteiger partial charge on any atom is 0.251 e. The number of anilines is 2. The first-order valence-corrected chi connectivity index (χ1v) is 13.5. The lowest BCUT2D eigenvalue weighted by molar-refractivity contribution is -0.137. The van der Waals surface area contributed by atoms with Crippen LogP contribution in [-0.4, -0.2) is 88.0 Å². The van der Waals surface area contributed by atoms with E-state index in [1.807, 2.05) is 0 Å². The molecule has 0 saturated carbocycles. The Labute approximate surface area is 244 Å². The second-order valence-corrected chi connectivity index (χ2v) is 9.61. The Kier molecular flexibility index (Phi) is 12.4. The van der Waals surface area contributed by atoms with Crippen molar-refractivity contribution in [2.45, 2.75) is 31.8 Å². The van der Waals surface area contributed by atoms with Crippen molar-refractivity contribution in [1.82, 2.24) is 15.5 Å². The SMILES string of the molecule is COc1cc(C(=O)NCCOCCOCCC(=O)Nc2cccc(C=O)c2CN(C)C2CCC(=O)NC2=O)ccc1N. The Morgan fingerprint density at radius 1 is 1.12 bits per heavy atom. The number of piperidine rings is 1. The molecule has 2 aromatic rings. The molecule has 5 N–H and O–H groups in total. The molecule has 4 amide bonds. The smallest absolute Gasteiger partial charge is 0.251 e. The Bertz CT molecular complexity index is 1280. The molecule has 0 bridgehead atoms. The van der Waals surface area contributed by atoms with Crippen LogP contribution < -0.4 is 26.4 Å². The highest BCUT2D eigenvalue weighted by Crippen LogP contribution is 2.24. The number of nitrogens with zero attached hydrogens (tertiary/aromatic N) is 1. The lowest BCUT2D eigenvalue weighted by atomic mass is 10.0. The number of hydrogen-bond donors (Lipinski definition) is 4. The summed E-state index contributed by atoms with van der Waals surface area (Å²) in [5, 5.41) is 7.89. The van der Waals surface area contributed by atoms with Crippen LogP contribution in [0, 0.1) is 0 Å². The second kappa shape index (κ2) is 16.2. The van der Waals surface area contributed by atoms with Gasteiger partial charge in [-0.15, -0.1) is 0 Å². The first-order valence-electron chi connectivity index (χ1n) is 13.5. The predicted molar refractivity (Wildman–Crippen MR) is 154 cm³/mol. The maximum absolute atomic E-state index is 12.6. The minimum atomic E-state index is -0.523. The minimum absolute atomic E-state index is 0.0782. The number of ether oxygens (including phenoxy) is 3. The van der Waals surface area contributed by atoms with Gasteiger partial charge in [0.15, 0.2) is 0 Å². The van der Waals surface area contributed by atoms with E-state index >= 15 is 0 Å². The zero-order chi connectivity index (χ0) is 30.5. The molecule has 42 heavy (non-hydrogen) atoms. The number of imide groups is 1. The summed E-state index contributed by atoms with van der Waals surface area (Å²) < 4.78 is 16.1. The van der Waals surface area contributed by atoms with Crippen LogP contribution in [-0.2, 0) is 30.4 Å². The highest BCUT2D eigenvalue weighted by Gasteiger charge is 2.30. The van der Waals surface area contributed by atoms with Gasteiger partial charge < -0.3 is 30.6 Å². The van der Waals surface area contributed by atoms with Gasteiger partial charge in [0.2, 0.25) is 17.7 Å². The van der Waals surface area contributed by atoms with Crippen LogP contribution in [0.2, 0.25) is 0 Å². The standard InChI is InChI=1S/C29H37N5O8/c1-34(24-8-9-26(36)33-29(24)39)17-21-20(18-35)4-3-5-23(21)32-27(37)10-12-41-14-15-42-13-11-31-28(38)19-6-7-22(30)25(16-19)40-2/h3-7,16,18,24H,8-15,17,30H2,1-2H3,(H,31,38)(H,32,37)(H,33,36,39). The molecule has 13 nitrogen and oxygen atoms in total. The van der Waals surface area contributed by atoms with Crippen LogP contribution >= 0.6 is 0 Å². The van der Waals surface area contributed by atoms with Crippen molar-refractivity contribution in [1.29, 1.82) is 0 Å². The summed E-state index contributed by atoms with van der Waals surface area (Å²) in [6.07, 6.45) is 1.39. The number of aldehydes is 1. The molecule has 0 spiro atoms. The van der Waals surface area contributed by atoms with Crippen molar-refractivity contribution in [3.05, 3.63) is 53.1 Å². The second-order valence-electron chi connectivity index (χ2n) is 9.61. The molecule has 1 fully saturated rings.